The Balaban J connectivity index is 2.79. The predicted molar refractivity (Wildman–Crippen MR) is 71.9 cm³/mol. The Bertz CT molecular complexity index is 411. The lowest BCUT2D eigenvalue weighted by Crippen LogP contribution is -2.38. The molecule has 0 spiro atoms. The molecule has 0 aliphatic carbocycles. The Morgan fingerprint density at radius 1 is 1.53 bits per heavy atom. The van der Waals surface area contributed by atoms with Gasteiger partial charge in [0.05, 0.1) is 10.6 Å². The largest absolute Gasteiger partial charge is 0.396 e. The second-order valence-electron chi connectivity index (χ2n) is 4.09. The van der Waals surface area contributed by atoms with Crippen molar-refractivity contribution in [3.63, 3.8) is 0 Å². The van der Waals surface area contributed by atoms with Crippen LogP contribution in [0.15, 0.2) is 23.1 Å². The number of nitrogens with one attached hydrogen (secondary N) is 1. The van der Waals surface area contributed by atoms with Crippen molar-refractivity contribution in [2.24, 2.45) is 5.92 Å². The van der Waals surface area contributed by atoms with Gasteiger partial charge in [0.2, 0.25) is 0 Å². The van der Waals surface area contributed by atoms with Crippen LogP contribution in [-0.4, -0.2) is 23.7 Å². The minimum atomic E-state index is -0.251. The van der Waals surface area contributed by atoms with E-state index in [9.17, 15) is 4.79 Å². The van der Waals surface area contributed by atoms with Gasteiger partial charge in [0.15, 0.2) is 0 Å². The highest BCUT2D eigenvalue weighted by molar-refractivity contribution is 7.80. The lowest BCUT2D eigenvalue weighted by molar-refractivity contribution is 0.0916. The van der Waals surface area contributed by atoms with Crippen LogP contribution < -0.4 is 5.32 Å². The summed E-state index contributed by atoms with van der Waals surface area (Å²) in [6.45, 7) is 3.74. The highest BCUT2D eigenvalue weighted by Gasteiger charge is 2.17. The molecule has 2 N–H and O–H groups in total. The first-order valence-corrected chi connectivity index (χ1v) is 6.18. The molecule has 0 fully saturated rings. The van der Waals surface area contributed by atoms with Gasteiger partial charge < -0.3 is 10.4 Å². The van der Waals surface area contributed by atoms with Crippen LogP contribution in [0.5, 0.6) is 0 Å². The number of aliphatic hydroxyl groups is 1. The van der Waals surface area contributed by atoms with Gasteiger partial charge in [-0.15, -0.1) is 12.6 Å². The van der Waals surface area contributed by atoms with Gasteiger partial charge >= 0.3 is 0 Å². The van der Waals surface area contributed by atoms with Crippen LogP contribution in [0.1, 0.15) is 24.2 Å². The first-order chi connectivity index (χ1) is 7.95. The molecular formula is C12H16ClNO2S. The van der Waals surface area contributed by atoms with Gasteiger partial charge in [0.25, 0.3) is 5.91 Å². The van der Waals surface area contributed by atoms with Gasteiger partial charge in [0.1, 0.15) is 0 Å². The number of thiol groups is 1. The van der Waals surface area contributed by atoms with E-state index < -0.39 is 0 Å². The lowest BCUT2D eigenvalue weighted by Gasteiger charge is -2.19. The third-order valence-electron chi connectivity index (χ3n) is 2.69. The van der Waals surface area contributed by atoms with E-state index in [-0.39, 0.29) is 24.5 Å². The maximum absolute atomic E-state index is 11.9. The molecule has 2 unspecified atom stereocenters. The Morgan fingerprint density at radius 2 is 2.18 bits per heavy atom. The van der Waals surface area contributed by atoms with Crippen LogP contribution in [0.3, 0.4) is 0 Å². The molecule has 0 radical (unpaired) electrons. The molecule has 5 heteroatoms. The SMILES string of the molecule is CC(CO)C(C)NC(=O)c1cc(S)ccc1Cl. The quantitative estimate of drug-likeness (QED) is 0.738. The highest BCUT2D eigenvalue weighted by Crippen LogP contribution is 2.19. The first kappa shape index (κ1) is 14.4. The molecule has 0 saturated carbocycles. The monoisotopic (exact) mass is 273 g/mol. The fourth-order valence-corrected chi connectivity index (χ4v) is 1.68. The van der Waals surface area contributed by atoms with Gasteiger partial charge in [-0.2, -0.15) is 0 Å². The van der Waals surface area contributed by atoms with Crippen molar-refractivity contribution in [2.45, 2.75) is 24.8 Å². The molecule has 2 atom stereocenters. The molecule has 1 aromatic carbocycles. The molecule has 0 aromatic heterocycles. The van der Waals surface area contributed by atoms with Crippen molar-refractivity contribution < 1.29 is 9.90 Å². The van der Waals surface area contributed by atoms with E-state index in [0.717, 1.165) is 0 Å². The number of hydrogen-bond acceptors (Lipinski definition) is 3. The second kappa shape index (κ2) is 6.28. The van der Waals surface area contributed by atoms with Crippen LogP contribution in [0, 0.1) is 5.92 Å². The first-order valence-electron chi connectivity index (χ1n) is 5.36. The number of amides is 1. The standard InChI is InChI=1S/C12H16ClNO2S/c1-7(6-15)8(2)14-12(16)10-5-9(17)3-4-11(10)13/h3-5,7-8,15,17H,6H2,1-2H3,(H,14,16). The van der Waals surface area contributed by atoms with Crippen molar-refractivity contribution in [3.8, 4) is 0 Å². The van der Waals surface area contributed by atoms with Gasteiger partial charge in [0, 0.05) is 17.5 Å². The zero-order valence-electron chi connectivity index (χ0n) is 9.77. The summed E-state index contributed by atoms with van der Waals surface area (Å²) in [5.41, 5.74) is 0.399. The van der Waals surface area contributed by atoms with Crippen molar-refractivity contribution >= 4 is 30.1 Å². The number of carbonyl (C=O) groups excluding carboxylic acids is 1. The molecule has 0 heterocycles. The Labute approximate surface area is 112 Å². The third kappa shape index (κ3) is 3.91. The molecule has 1 amide bonds. The zero-order chi connectivity index (χ0) is 13.0. The van der Waals surface area contributed by atoms with Crippen LogP contribution in [0.4, 0.5) is 0 Å². The van der Waals surface area contributed by atoms with E-state index >= 15 is 0 Å². The van der Waals surface area contributed by atoms with Crippen molar-refractivity contribution in [3.05, 3.63) is 28.8 Å². The molecule has 1 rings (SSSR count). The number of aliphatic hydroxyl groups excluding tert-OH is 1. The minimum Gasteiger partial charge on any atom is -0.396 e. The van der Waals surface area contributed by atoms with Gasteiger partial charge in [-0.25, -0.2) is 0 Å². The van der Waals surface area contributed by atoms with Crippen molar-refractivity contribution in [2.75, 3.05) is 6.61 Å². The molecule has 1 aromatic rings. The topological polar surface area (TPSA) is 49.3 Å². The molecule has 0 aliphatic rings. The molecule has 0 aliphatic heterocycles. The molecule has 0 saturated heterocycles. The summed E-state index contributed by atoms with van der Waals surface area (Å²) in [7, 11) is 0. The fraction of sp³-hybridized carbons (Fsp3) is 0.417. The van der Waals surface area contributed by atoms with Crippen LogP contribution >= 0.6 is 24.2 Å². The normalized spacial score (nSPS) is 14.2. The summed E-state index contributed by atoms with van der Waals surface area (Å²) >= 11 is 10.1. The fourth-order valence-electron chi connectivity index (χ4n) is 1.27. The summed E-state index contributed by atoms with van der Waals surface area (Å²) in [4.78, 5) is 12.6. The lowest BCUT2D eigenvalue weighted by atomic mass is 10.0. The molecular weight excluding hydrogens is 258 g/mol. The van der Waals surface area contributed by atoms with E-state index in [1.54, 1.807) is 18.2 Å². The van der Waals surface area contributed by atoms with E-state index in [2.05, 4.69) is 17.9 Å². The Hall–Kier alpha value is -0.710. The highest BCUT2D eigenvalue weighted by atomic mass is 35.5. The number of carbonyl (C=O) groups is 1. The average molecular weight is 274 g/mol. The average Bonchev–Trinajstić information content (AvgIpc) is 2.30. The summed E-state index contributed by atoms with van der Waals surface area (Å²) in [5.74, 6) is -0.254. The smallest absolute Gasteiger partial charge is 0.253 e. The summed E-state index contributed by atoms with van der Waals surface area (Å²) in [6, 6.07) is 4.87. The maximum atomic E-state index is 11.9. The molecule has 17 heavy (non-hydrogen) atoms. The number of benzene rings is 1. The second-order valence-corrected chi connectivity index (χ2v) is 5.01. The van der Waals surface area contributed by atoms with Crippen LogP contribution in [0.2, 0.25) is 5.02 Å². The number of halogens is 1. The van der Waals surface area contributed by atoms with Crippen molar-refractivity contribution in [1.29, 1.82) is 0 Å². The van der Waals surface area contributed by atoms with Gasteiger partial charge in [-0.1, -0.05) is 18.5 Å². The van der Waals surface area contributed by atoms with E-state index in [1.165, 1.54) is 0 Å². The van der Waals surface area contributed by atoms with Gasteiger partial charge in [-0.05, 0) is 31.0 Å². The van der Waals surface area contributed by atoms with E-state index in [0.29, 0.717) is 15.5 Å². The molecule has 94 valence electrons. The number of hydrogen-bond donors (Lipinski definition) is 3. The Kier molecular flexibility index (Phi) is 5.31. The van der Waals surface area contributed by atoms with Crippen molar-refractivity contribution in [1.82, 2.24) is 5.32 Å². The number of rotatable bonds is 4. The zero-order valence-corrected chi connectivity index (χ0v) is 11.4. The predicted octanol–water partition coefficient (Wildman–Crippen LogP) is 2.38. The summed E-state index contributed by atoms with van der Waals surface area (Å²) in [6.07, 6.45) is 0. The minimum absolute atomic E-state index is 0.00286. The third-order valence-corrected chi connectivity index (χ3v) is 3.30. The van der Waals surface area contributed by atoms with Gasteiger partial charge in [-0.3, -0.25) is 4.79 Å². The Morgan fingerprint density at radius 3 is 2.76 bits per heavy atom. The van der Waals surface area contributed by atoms with Crippen LogP contribution in [-0.2, 0) is 0 Å². The maximum Gasteiger partial charge on any atom is 0.253 e. The van der Waals surface area contributed by atoms with E-state index in [4.69, 9.17) is 16.7 Å². The van der Waals surface area contributed by atoms with E-state index in [1.807, 2.05) is 13.8 Å². The molecule has 0 bridgehead atoms. The summed E-state index contributed by atoms with van der Waals surface area (Å²) in [5, 5.41) is 12.2. The van der Waals surface area contributed by atoms with Crippen LogP contribution in [0.25, 0.3) is 0 Å². The summed E-state index contributed by atoms with van der Waals surface area (Å²) < 4.78 is 0. The molecule has 3 nitrogen and oxygen atoms in total.